The Balaban J connectivity index is 0.000000239. The van der Waals surface area contributed by atoms with Gasteiger partial charge in [0.1, 0.15) is 0 Å². The summed E-state index contributed by atoms with van der Waals surface area (Å²) in [6.07, 6.45) is 0. The summed E-state index contributed by atoms with van der Waals surface area (Å²) in [5, 5.41) is 7.72. The van der Waals surface area contributed by atoms with Crippen molar-refractivity contribution >= 4 is 115 Å². The van der Waals surface area contributed by atoms with Gasteiger partial charge in [0, 0.05) is 88.6 Å². The van der Waals surface area contributed by atoms with Gasteiger partial charge in [-0.25, -0.2) is 0 Å². The van der Waals surface area contributed by atoms with E-state index in [1.165, 1.54) is 127 Å². The van der Waals surface area contributed by atoms with Crippen LogP contribution in [0.15, 0.2) is 296 Å². The maximum atomic E-state index is 3.63. The van der Waals surface area contributed by atoms with E-state index in [0.29, 0.717) is 0 Å². The van der Waals surface area contributed by atoms with Crippen molar-refractivity contribution in [3.8, 4) is 28.2 Å². The zero-order valence-corrected chi connectivity index (χ0v) is 54.4. The second-order valence-corrected chi connectivity index (χ2v) is 28.0. The smallest absolute Gasteiger partial charge is 0.0582 e. The lowest BCUT2D eigenvalue weighted by Crippen LogP contribution is -2.26. The Labute approximate surface area is 559 Å². The molecule has 0 atom stereocenters. The fourth-order valence-corrected chi connectivity index (χ4v) is 16.7. The van der Waals surface area contributed by atoms with Crippen LogP contribution in [0, 0.1) is 0 Å². The maximum absolute atomic E-state index is 3.63. The third-order valence-electron chi connectivity index (χ3n) is 20.9. The van der Waals surface area contributed by atoms with Gasteiger partial charge < -0.3 is 23.5 Å². The topological polar surface area (TPSA) is 21.3 Å². The van der Waals surface area contributed by atoms with Crippen LogP contribution in [0.3, 0.4) is 0 Å². The molecule has 3 aliphatic rings. The number of anilines is 6. The molecule has 0 bridgehead atoms. The van der Waals surface area contributed by atoms with Crippen LogP contribution in [0.5, 0.6) is 0 Å². The van der Waals surface area contributed by atoms with E-state index < -0.39 is 0 Å². The number of hydrogen-bond acceptors (Lipinski definition) is 2. The van der Waals surface area contributed by atoms with Crippen LogP contribution in [0.25, 0.3) is 93.6 Å². The van der Waals surface area contributed by atoms with Crippen LogP contribution in [-0.2, 0) is 16.2 Å². The summed E-state index contributed by atoms with van der Waals surface area (Å²) >= 11 is 3.63. The summed E-state index contributed by atoms with van der Waals surface area (Å²) in [6, 6.07) is 107. The predicted octanol–water partition coefficient (Wildman–Crippen LogP) is 24.8. The SMILES string of the molecule is C.CC1(C)c2ccccc2-n2c3ccc(Br)cc3c3cccc1c32.CC1(C)c2ccccc2-n2c3ccc(N(c4ccccc4)c4ccc(-c5ccc(N(c6ccccc6)c6ccc7c(c6)c6cccc8c6n7-c6ccccc6C8(C)C)cc5)cc4)cc3c3cccc1c32.[HH]. The molecular weight excluding hydrogens is 1210 g/mol. The van der Waals surface area contributed by atoms with Gasteiger partial charge in [0.05, 0.1) is 50.2 Å². The van der Waals surface area contributed by atoms with Crippen molar-refractivity contribution in [2.45, 2.75) is 65.2 Å². The van der Waals surface area contributed by atoms with E-state index >= 15 is 0 Å². The average molecular weight is 1280 g/mol. The van der Waals surface area contributed by atoms with Crippen LogP contribution >= 0.6 is 15.9 Å². The third kappa shape index (κ3) is 8.31. The molecule has 0 N–H and O–H groups in total. The fourth-order valence-electron chi connectivity index (χ4n) is 16.4. The number of aromatic nitrogens is 3. The zero-order chi connectivity index (χ0) is 62.6. The van der Waals surface area contributed by atoms with E-state index in [0.717, 1.165) is 38.6 Å². The van der Waals surface area contributed by atoms with Gasteiger partial charge in [-0.1, -0.05) is 235 Å². The first kappa shape index (κ1) is 57.3. The van der Waals surface area contributed by atoms with Gasteiger partial charge in [0.25, 0.3) is 0 Å². The molecule has 6 heterocycles. The van der Waals surface area contributed by atoms with E-state index in [1.54, 1.807) is 0 Å². The second-order valence-electron chi connectivity index (χ2n) is 27.0. The molecule has 3 aromatic heterocycles. The normalized spacial score (nSPS) is 14.1. The molecule has 456 valence electrons. The average Bonchev–Trinajstić information content (AvgIpc) is 1.62. The monoisotopic (exact) mass is 1280 g/mol. The van der Waals surface area contributed by atoms with Crippen molar-refractivity contribution in [1.29, 1.82) is 0 Å². The van der Waals surface area contributed by atoms with Crippen molar-refractivity contribution < 1.29 is 1.43 Å². The third-order valence-corrected chi connectivity index (χ3v) is 21.4. The Hall–Kier alpha value is -10.7. The number of rotatable bonds is 7. The first-order chi connectivity index (χ1) is 45.3. The highest BCUT2D eigenvalue weighted by molar-refractivity contribution is 9.10. The van der Waals surface area contributed by atoms with Crippen molar-refractivity contribution in [3.05, 3.63) is 329 Å². The molecule has 13 aromatic carbocycles. The lowest BCUT2D eigenvalue weighted by Gasteiger charge is -2.34. The summed E-state index contributed by atoms with van der Waals surface area (Å²) in [4.78, 5) is 4.77. The first-order valence-corrected chi connectivity index (χ1v) is 33.2. The molecule has 0 saturated heterocycles. The van der Waals surface area contributed by atoms with Gasteiger partial charge >= 0.3 is 0 Å². The number of halogens is 1. The highest BCUT2D eigenvalue weighted by atomic mass is 79.9. The molecule has 0 fully saturated rings. The van der Waals surface area contributed by atoms with E-state index in [-0.39, 0.29) is 25.1 Å². The van der Waals surface area contributed by atoms with Gasteiger partial charge in [-0.15, -0.1) is 0 Å². The molecule has 0 spiro atoms. The van der Waals surface area contributed by atoms with Crippen LogP contribution < -0.4 is 9.80 Å². The summed E-state index contributed by atoms with van der Waals surface area (Å²) in [6.45, 7) is 14.1. The highest BCUT2D eigenvalue weighted by Gasteiger charge is 2.38. The van der Waals surface area contributed by atoms with E-state index in [2.05, 4.69) is 372 Å². The Bertz CT molecular complexity index is 5470. The van der Waals surface area contributed by atoms with E-state index in [9.17, 15) is 0 Å². The minimum atomic E-state index is -0.108. The predicted molar refractivity (Wildman–Crippen MR) is 404 cm³/mol. The van der Waals surface area contributed by atoms with Crippen LogP contribution in [0.4, 0.5) is 34.1 Å². The summed E-state index contributed by atoms with van der Waals surface area (Å²) < 4.78 is 8.54. The zero-order valence-electron chi connectivity index (χ0n) is 52.8. The number of fused-ring (bicyclic) bond motifs is 15. The van der Waals surface area contributed by atoms with E-state index in [4.69, 9.17) is 0 Å². The van der Waals surface area contributed by atoms with Gasteiger partial charge in [0.15, 0.2) is 0 Å². The fraction of sp³-hybridized carbons (Fsp3) is 0.114. The van der Waals surface area contributed by atoms with Crippen molar-refractivity contribution in [3.63, 3.8) is 0 Å². The lowest BCUT2D eigenvalue weighted by molar-refractivity contribution is 0.630. The Kier molecular flexibility index (Phi) is 12.9. The summed E-state index contributed by atoms with van der Waals surface area (Å²) in [5.74, 6) is 0. The van der Waals surface area contributed by atoms with E-state index in [1.807, 2.05) is 0 Å². The Morgan fingerprint density at radius 1 is 0.266 bits per heavy atom. The largest absolute Gasteiger partial charge is 0.310 e. The quantitative estimate of drug-likeness (QED) is 0.159. The minimum absolute atomic E-state index is 0. The van der Waals surface area contributed by atoms with Crippen LogP contribution in [0.1, 0.15) is 83.8 Å². The van der Waals surface area contributed by atoms with Gasteiger partial charge in [0.2, 0.25) is 0 Å². The molecular formula is C88H72BrN5. The first-order valence-electron chi connectivity index (χ1n) is 32.4. The number of para-hydroxylation sites is 8. The van der Waals surface area contributed by atoms with Gasteiger partial charge in [-0.05, 0) is 166 Å². The summed E-state index contributed by atoms with van der Waals surface area (Å²) in [7, 11) is 0. The number of nitrogens with zero attached hydrogens (tertiary/aromatic N) is 5. The summed E-state index contributed by atoms with van der Waals surface area (Å²) in [5.41, 5.74) is 28.6. The molecule has 94 heavy (non-hydrogen) atoms. The van der Waals surface area contributed by atoms with Crippen molar-refractivity contribution in [1.82, 2.24) is 13.7 Å². The van der Waals surface area contributed by atoms with Gasteiger partial charge in [-0.2, -0.15) is 0 Å². The molecule has 0 unspecified atom stereocenters. The van der Waals surface area contributed by atoms with Crippen LogP contribution in [0.2, 0.25) is 0 Å². The minimum Gasteiger partial charge on any atom is -0.310 e. The Morgan fingerprint density at radius 2 is 0.553 bits per heavy atom. The van der Waals surface area contributed by atoms with Crippen molar-refractivity contribution in [2.75, 3.05) is 9.80 Å². The van der Waals surface area contributed by atoms with Crippen LogP contribution in [-0.4, -0.2) is 13.7 Å². The van der Waals surface area contributed by atoms with Crippen molar-refractivity contribution in [2.24, 2.45) is 0 Å². The number of benzene rings is 13. The molecule has 6 heteroatoms. The number of hydrogen-bond donors (Lipinski definition) is 0. The molecule has 5 nitrogen and oxygen atoms in total. The molecule has 19 rings (SSSR count). The highest BCUT2D eigenvalue weighted by Crippen LogP contribution is 2.52. The molecule has 0 saturated carbocycles. The molecule has 0 amide bonds. The Morgan fingerprint density at radius 3 is 0.915 bits per heavy atom. The standard InChI is InChI=1S/C66H50N4.C21H16BrN.CH4.H2/c1-65(2)55-23-11-13-27-61(55)69-59-39-37-49(41-53(59)51-21-15-25-57(65)63(51)69)67(45-17-7-5-8-18-45)47-33-29-43(30-34-47)44-31-35-48(36-32-44)68(46-19-9-6-10-20-46)50-38-40-60-54(42-50)52-22-16-26-58-64(52)70(60)62-28-14-12-24-56(62)66(58,3)4;1-21(2)16-7-3-4-9-19(16)23-18-11-10-13(22)12-15(18)14-6-5-8-17(21)20(14)23;;/h5-42H,1-4H3;3-12H,1-2H3;1H4;1H. The second kappa shape index (κ2) is 21.2. The molecule has 16 aromatic rings. The van der Waals surface area contributed by atoms with Gasteiger partial charge in [-0.3, -0.25) is 0 Å². The maximum Gasteiger partial charge on any atom is 0.0582 e. The molecule has 3 aliphatic heterocycles. The lowest BCUT2D eigenvalue weighted by atomic mass is 9.75. The molecule has 0 aliphatic carbocycles. The molecule has 0 radical (unpaired) electrons.